The van der Waals surface area contributed by atoms with E-state index in [2.05, 4.69) is 9.80 Å². The molecule has 4 heteroatoms. The second kappa shape index (κ2) is 6.10. The molecule has 0 saturated carbocycles. The number of piperidine rings is 1. The van der Waals surface area contributed by atoms with Crippen molar-refractivity contribution in [2.45, 2.75) is 25.8 Å². The third kappa shape index (κ3) is 2.96. The van der Waals surface area contributed by atoms with Gasteiger partial charge >= 0.3 is 0 Å². The Morgan fingerprint density at radius 2 is 1.80 bits per heavy atom. The molecule has 0 amide bonds. The van der Waals surface area contributed by atoms with Crippen LogP contribution in [0.5, 0.6) is 0 Å². The lowest BCUT2D eigenvalue weighted by molar-refractivity contribution is 0.0115. The fraction of sp³-hybridized carbons (Fsp3) is 0.625. The molecule has 0 bridgehead atoms. The first kappa shape index (κ1) is 13.8. The van der Waals surface area contributed by atoms with Gasteiger partial charge in [0.25, 0.3) is 0 Å². The van der Waals surface area contributed by atoms with Crippen molar-refractivity contribution in [2.24, 2.45) is 0 Å². The molecule has 110 valence electrons. The zero-order valence-corrected chi connectivity index (χ0v) is 12.1. The SMILES string of the molecule is Cc1ccc(N2CCC(N3CCOCC3)CC2)c(F)c1. The molecule has 2 aliphatic rings. The normalized spacial score (nSPS) is 22.2. The first-order valence-corrected chi connectivity index (χ1v) is 7.57. The van der Waals surface area contributed by atoms with E-state index in [9.17, 15) is 4.39 Å². The van der Waals surface area contributed by atoms with Gasteiger partial charge in [0.1, 0.15) is 5.82 Å². The zero-order chi connectivity index (χ0) is 13.9. The van der Waals surface area contributed by atoms with E-state index < -0.39 is 0 Å². The van der Waals surface area contributed by atoms with Crippen molar-refractivity contribution >= 4 is 5.69 Å². The lowest BCUT2D eigenvalue weighted by atomic mass is 10.0. The molecular formula is C16H23FN2O. The van der Waals surface area contributed by atoms with Gasteiger partial charge in [0.05, 0.1) is 18.9 Å². The van der Waals surface area contributed by atoms with E-state index in [1.807, 2.05) is 19.1 Å². The van der Waals surface area contributed by atoms with E-state index in [1.165, 1.54) is 0 Å². The van der Waals surface area contributed by atoms with Gasteiger partial charge in [-0.1, -0.05) is 6.07 Å². The first-order valence-electron chi connectivity index (χ1n) is 7.57. The molecule has 2 aliphatic heterocycles. The topological polar surface area (TPSA) is 15.7 Å². The molecule has 2 fully saturated rings. The van der Waals surface area contributed by atoms with Crippen LogP contribution in [0.4, 0.5) is 10.1 Å². The van der Waals surface area contributed by atoms with Crippen LogP contribution in [-0.4, -0.2) is 50.3 Å². The van der Waals surface area contributed by atoms with Gasteiger partial charge in [0.15, 0.2) is 0 Å². The summed E-state index contributed by atoms with van der Waals surface area (Å²) in [4.78, 5) is 4.72. The van der Waals surface area contributed by atoms with E-state index in [0.717, 1.165) is 63.5 Å². The van der Waals surface area contributed by atoms with Gasteiger partial charge < -0.3 is 9.64 Å². The maximum Gasteiger partial charge on any atom is 0.146 e. The number of morpholine rings is 1. The van der Waals surface area contributed by atoms with Crippen LogP contribution in [0.25, 0.3) is 0 Å². The molecule has 0 radical (unpaired) electrons. The van der Waals surface area contributed by atoms with Gasteiger partial charge in [-0.3, -0.25) is 4.90 Å². The molecule has 0 aromatic heterocycles. The Hall–Kier alpha value is -1.13. The van der Waals surface area contributed by atoms with Crippen molar-refractivity contribution in [2.75, 3.05) is 44.3 Å². The minimum atomic E-state index is -0.0881. The van der Waals surface area contributed by atoms with Gasteiger partial charge in [-0.05, 0) is 37.5 Å². The summed E-state index contributed by atoms with van der Waals surface area (Å²) in [7, 11) is 0. The maximum atomic E-state index is 14.0. The molecule has 1 aromatic rings. The highest BCUT2D eigenvalue weighted by atomic mass is 19.1. The van der Waals surface area contributed by atoms with Crippen LogP contribution >= 0.6 is 0 Å². The summed E-state index contributed by atoms with van der Waals surface area (Å²) < 4.78 is 19.4. The highest BCUT2D eigenvalue weighted by Crippen LogP contribution is 2.26. The molecule has 2 saturated heterocycles. The molecule has 0 N–H and O–H groups in total. The predicted molar refractivity (Wildman–Crippen MR) is 78.8 cm³/mol. The summed E-state index contributed by atoms with van der Waals surface area (Å²) in [6.45, 7) is 7.62. The molecule has 0 unspecified atom stereocenters. The van der Waals surface area contributed by atoms with Gasteiger partial charge in [-0.2, -0.15) is 0 Å². The Morgan fingerprint density at radius 1 is 1.10 bits per heavy atom. The number of ether oxygens (including phenoxy) is 1. The molecular weight excluding hydrogens is 255 g/mol. The molecule has 3 nitrogen and oxygen atoms in total. The third-order valence-electron chi connectivity index (χ3n) is 4.47. The Bertz CT molecular complexity index is 452. The minimum Gasteiger partial charge on any atom is -0.379 e. The zero-order valence-electron chi connectivity index (χ0n) is 12.1. The first-order chi connectivity index (χ1) is 9.74. The maximum absolute atomic E-state index is 14.0. The fourth-order valence-corrected chi connectivity index (χ4v) is 3.28. The average molecular weight is 278 g/mol. The number of benzene rings is 1. The fourth-order valence-electron chi connectivity index (χ4n) is 3.28. The second-order valence-electron chi connectivity index (χ2n) is 5.82. The quantitative estimate of drug-likeness (QED) is 0.826. The van der Waals surface area contributed by atoms with E-state index >= 15 is 0 Å². The number of nitrogens with zero attached hydrogens (tertiary/aromatic N) is 2. The Balaban J connectivity index is 1.60. The van der Waals surface area contributed by atoms with Gasteiger partial charge in [0.2, 0.25) is 0 Å². The monoisotopic (exact) mass is 278 g/mol. The Kier molecular flexibility index (Phi) is 4.22. The number of halogens is 1. The third-order valence-corrected chi connectivity index (χ3v) is 4.47. The molecule has 2 heterocycles. The molecule has 0 aliphatic carbocycles. The van der Waals surface area contributed by atoms with Crippen molar-refractivity contribution in [3.05, 3.63) is 29.6 Å². The van der Waals surface area contributed by atoms with Crippen LogP contribution in [0.1, 0.15) is 18.4 Å². The summed E-state index contributed by atoms with van der Waals surface area (Å²) in [5, 5.41) is 0. The van der Waals surface area contributed by atoms with Gasteiger partial charge in [0, 0.05) is 32.2 Å². The van der Waals surface area contributed by atoms with Crippen LogP contribution in [0.3, 0.4) is 0 Å². The summed E-state index contributed by atoms with van der Waals surface area (Å²) in [5.41, 5.74) is 1.74. The van der Waals surface area contributed by atoms with Gasteiger partial charge in [-0.25, -0.2) is 4.39 Å². The standard InChI is InChI=1S/C16H23FN2O/c1-13-2-3-16(15(17)12-13)19-6-4-14(5-7-19)18-8-10-20-11-9-18/h2-3,12,14H,4-11H2,1H3. The Labute approximate surface area is 120 Å². The smallest absolute Gasteiger partial charge is 0.146 e. The molecule has 0 spiro atoms. The van der Waals surface area contributed by atoms with Crippen molar-refractivity contribution in [1.82, 2.24) is 4.90 Å². The van der Waals surface area contributed by atoms with Crippen molar-refractivity contribution in [1.29, 1.82) is 0 Å². The molecule has 1 aromatic carbocycles. The summed E-state index contributed by atoms with van der Waals surface area (Å²) >= 11 is 0. The van der Waals surface area contributed by atoms with E-state index in [0.29, 0.717) is 6.04 Å². The average Bonchev–Trinajstić information content (AvgIpc) is 2.48. The minimum absolute atomic E-state index is 0.0881. The predicted octanol–water partition coefficient (Wildman–Crippen LogP) is 2.44. The summed E-state index contributed by atoms with van der Waals surface area (Å²) in [6.07, 6.45) is 2.24. The number of anilines is 1. The van der Waals surface area contributed by atoms with Crippen molar-refractivity contribution in [3.8, 4) is 0 Å². The number of hydrogen-bond donors (Lipinski definition) is 0. The Morgan fingerprint density at radius 3 is 2.45 bits per heavy atom. The molecule has 3 rings (SSSR count). The van der Waals surface area contributed by atoms with Crippen LogP contribution in [0, 0.1) is 12.7 Å². The van der Waals surface area contributed by atoms with E-state index in [1.54, 1.807) is 6.07 Å². The number of hydrogen-bond acceptors (Lipinski definition) is 3. The van der Waals surface area contributed by atoms with Crippen molar-refractivity contribution in [3.63, 3.8) is 0 Å². The van der Waals surface area contributed by atoms with Gasteiger partial charge in [-0.15, -0.1) is 0 Å². The van der Waals surface area contributed by atoms with Crippen LogP contribution < -0.4 is 4.90 Å². The number of rotatable bonds is 2. The molecule has 20 heavy (non-hydrogen) atoms. The van der Waals surface area contributed by atoms with Crippen LogP contribution in [0.2, 0.25) is 0 Å². The lowest BCUT2D eigenvalue weighted by Crippen LogP contribution is -2.49. The van der Waals surface area contributed by atoms with E-state index in [-0.39, 0.29) is 5.82 Å². The van der Waals surface area contributed by atoms with Crippen LogP contribution in [0.15, 0.2) is 18.2 Å². The number of aryl methyl sites for hydroxylation is 1. The van der Waals surface area contributed by atoms with Crippen molar-refractivity contribution < 1.29 is 9.13 Å². The van der Waals surface area contributed by atoms with Crippen LogP contribution in [-0.2, 0) is 4.74 Å². The summed E-state index contributed by atoms with van der Waals surface area (Å²) in [5.74, 6) is -0.0881. The lowest BCUT2D eigenvalue weighted by Gasteiger charge is -2.40. The highest BCUT2D eigenvalue weighted by molar-refractivity contribution is 5.49. The molecule has 0 atom stereocenters. The second-order valence-corrected chi connectivity index (χ2v) is 5.82. The highest BCUT2D eigenvalue weighted by Gasteiger charge is 2.26. The largest absolute Gasteiger partial charge is 0.379 e. The van der Waals surface area contributed by atoms with E-state index in [4.69, 9.17) is 4.74 Å². The summed E-state index contributed by atoms with van der Waals surface area (Å²) in [6, 6.07) is 6.18.